The first-order chi connectivity index (χ1) is 9.99. The number of hydrogen-bond donors (Lipinski definition) is 3. The molecule has 0 radical (unpaired) electrons. The Hall–Kier alpha value is -2.21. The maximum Gasteiger partial charge on any atom is 0.319 e. The molecule has 0 saturated heterocycles. The van der Waals surface area contributed by atoms with Crippen LogP contribution >= 0.6 is 11.6 Å². The van der Waals surface area contributed by atoms with Crippen LogP contribution in [0.2, 0.25) is 5.02 Å². The molecule has 1 aromatic carbocycles. The van der Waals surface area contributed by atoms with Crippen molar-refractivity contribution in [3.8, 4) is 5.75 Å². The molecule has 0 heterocycles. The lowest BCUT2D eigenvalue weighted by Gasteiger charge is -2.15. The Morgan fingerprint density at radius 1 is 1.38 bits per heavy atom. The van der Waals surface area contributed by atoms with Crippen LogP contribution < -0.4 is 15.4 Å². The minimum absolute atomic E-state index is 0.309. The number of ether oxygens (including phenoxy) is 1. The van der Waals surface area contributed by atoms with Crippen LogP contribution in [-0.4, -0.2) is 30.3 Å². The van der Waals surface area contributed by atoms with Gasteiger partial charge in [0.25, 0.3) is 0 Å². The highest BCUT2D eigenvalue weighted by molar-refractivity contribution is 6.31. The van der Waals surface area contributed by atoms with Gasteiger partial charge in [0.05, 0.1) is 24.8 Å². The van der Waals surface area contributed by atoms with Crippen LogP contribution in [0.3, 0.4) is 0 Å². The molecule has 0 fully saturated rings. The number of carbonyl (C=O) groups excluding carboxylic acids is 1. The van der Waals surface area contributed by atoms with E-state index in [9.17, 15) is 9.59 Å². The minimum Gasteiger partial charge on any atom is -0.495 e. The van der Waals surface area contributed by atoms with E-state index in [4.69, 9.17) is 21.4 Å². The van der Waals surface area contributed by atoms with Crippen LogP contribution in [0.1, 0.15) is 6.42 Å². The number of carboxylic acids is 1. The van der Waals surface area contributed by atoms with Crippen LogP contribution in [0, 0.1) is 5.92 Å². The van der Waals surface area contributed by atoms with E-state index < -0.39 is 17.9 Å². The SMILES string of the molecule is COc1ccc(Cl)cc1NC(=O)NC1C=CC(C(=O)O)C1. The van der Waals surface area contributed by atoms with Crippen molar-refractivity contribution in [3.05, 3.63) is 35.4 Å². The van der Waals surface area contributed by atoms with E-state index in [1.165, 1.54) is 7.11 Å². The first-order valence-corrected chi connectivity index (χ1v) is 6.69. The Kier molecular flexibility index (Phi) is 4.70. The molecule has 0 aliphatic heterocycles. The summed E-state index contributed by atoms with van der Waals surface area (Å²) in [5.41, 5.74) is 0.444. The summed E-state index contributed by atoms with van der Waals surface area (Å²) < 4.78 is 5.13. The lowest BCUT2D eigenvalue weighted by Crippen LogP contribution is -2.36. The van der Waals surface area contributed by atoms with Crippen LogP contribution in [0.4, 0.5) is 10.5 Å². The van der Waals surface area contributed by atoms with E-state index in [1.807, 2.05) is 0 Å². The summed E-state index contributed by atoms with van der Waals surface area (Å²) in [5, 5.41) is 14.7. The number of carbonyl (C=O) groups is 2. The predicted octanol–water partition coefficient (Wildman–Crippen LogP) is 2.50. The van der Waals surface area contributed by atoms with Crippen molar-refractivity contribution >= 4 is 29.3 Å². The van der Waals surface area contributed by atoms with E-state index in [-0.39, 0.29) is 6.04 Å². The third-order valence-electron chi connectivity index (χ3n) is 3.13. The second kappa shape index (κ2) is 6.49. The van der Waals surface area contributed by atoms with Gasteiger partial charge in [0, 0.05) is 5.02 Å². The van der Waals surface area contributed by atoms with Crippen LogP contribution in [0.15, 0.2) is 30.4 Å². The maximum atomic E-state index is 11.9. The van der Waals surface area contributed by atoms with Gasteiger partial charge in [-0.05, 0) is 24.6 Å². The number of nitrogens with one attached hydrogen (secondary N) is 2. The molecule has 21 heavy (non-hydrogen) atoms. The number of halogens is 1. The fourth-order valence-electron chi connectivity index (χ4n) is 2.09. The predicted molar refractivity (Wildman–Crippen MR) is 78.8 cm³/mol. The van der Waals surface area contributed by atoms with Gasteiger partial charge in [-0.1, -0.05) is 23.8 Å². The van der Waals surface area contributed by atoms with Crippen molar-refractivity contribution in [3.63, 3.8) is 0 Å². The average molecular weight is 311 g/mol. The zero-order valence-corrected chi connectivity index (χ0v) is 12.1. The number of anilines is 1. The Morgan fingerprint density at radius 2 is 2.14 bits per heavy atom. The van der Waals surface area contributed by atoms with Crippen molar-refractivity contribution in [1.29, 1.82) is 0 Å². The molecule has 2 atom stereocenters. The third kappa shape index (κ3) is 3.88. The van der Waals surface area contributed by atoms with Gasteiger partial charge in [-0.25, -0.2) is 4.79 Å². The number of urea groups is 1. The van der Waals surface area contributed by atoms with E-state index >= 15 is 0 Å². The fourth-order valence-corrected chi connectivity index (χ4v) is 2.27. The van der Waals surface area contributed by atoms with Crippen molar-refractivity contribution in [2.75, 3.05) is 12.4 Å². The highest BCUT2D eigenvalue weighted by atomic mass is 35.5. The van der Waals surface area contributed by atoms with Gasteiger partial charge in [0.2, 0.25) is 0 Å². The summed E-state index contributed by atoms with van der Waals surface area (Å²) in [5.74, 6) is -0.969. The number of aliphatic carboxylic acids is 1. The number of carboxylic acid groups (broad SMARTS) is 1. The first-order valence-electron chi connectivity index (χ1n) is 6.32. The zero-order chi connectivity index (χ0) is 15.4. The molecule has 0 aromatic heterocycles. The lowest BCUT2D eigenvalue weighted by molar-refractivity contribution is -0.140. The molecular weight excluding hydrogens is 296 g/mol. The number of rotatable bonds is 4. The van der Waals surface area contributed by atoms with Gasteiger partial charge < -0.3 is 20.5 Å². The molecule has 1 aromatic rings. The largest absolute Gasteiger partial charge is 0.495 e. The summed E-state index contributed by atoms with van der Waals surface area (Å²) >= 11 is 5.88. The van der Waals surface area contributed by atoms with Crippen molar-refractivity contribution in [2.24, 2.45) is 5.92 Å². The topological polar surface area (TPSA) is 87.7 Å². The monoisotopic (exact) mass is 310 g/mol. The Labute approximate surface area is 126 Å². The second-order valence-corrected chi connectivity index (χ2v) is 5.05. The summed E-state index contributed by atoms with van der Waals surface area (Å²) in [6.45, 7) is 0. The van der Waals surface area contributed by atoms with E-state index in [1.54, 1.807) is 30.4 Å². The first kappa shape index (κ1) is 15.2. The summed E-state index contributed by atoms with van der Waals surface area (Å²) in [4.78, 5) is 22.8. The smallest absolute Gasteiger partial charge is 0.319 e. The normalized spacial score (nSPS) is 20.1. The number of methoxy groups -OCH3 is 1. The van der Waals surface area contributed by atoms with Crippen molar-refractivity contribution in [1.82, 2.24) is 5.32 Å². The van der Waals surface area contributed by atoms with Gasteiger partial charge in [0.15, 0.2) is 0 Å². The number of hydrogen-bond acceptors (Lipinski definition) is 3. The molecule has 3 N–H and O–H groups in total. The number of benzene rings is 1. The zero-order valence-electron chi connectivity index (χ0n) is 11.3. The van der Waals surface area contributed by atoms with Gasteiger partial charge in [-0.3, -0.25) is 4.79 Å². The Bertz CT molecular complexity index is 588. The molecule has 0 saturated carbocycles. The molecule has 2 unspecified atom stereocenters. The van der Waals surface area contributed by atoms with Gasteiger partial charge >= 0.3 is 12.0 Å². The van der Waals surface area contributed by atoms with Crippen LogP contribution in [0.5, 0.6) is 5.75 Å². The Balaban J connectivity index is 1.95. The summed E-state index contributed by atoms with van der Waals surface area (Å²) in [6, 6.07) is 4.12. The van der Waals surface area contributed by atoms with Gasteiger partial charge in [-0.2, -0.15) is 0 Å². The third-order valence-corrected chi connectivity index (χ3v) is 3.36. The molecule has 112 valence electrons. The van der Waals surface area contributed by atoms with Crippen molar-refractivity contribution < 1.29 is 19.4 Å². The maximum absolute atomic E-state index is 11.9. The summed E-state index contributed by atoms with van der Waals surface area (Å²) in [7, 11) is 1.49. The second-order valence-electron chi connectivity index (χ2n) is 4.61. The molecule has 1 aliphatic rings. The molecule has 0 spiro atoms. The lowest BCUT2D eigenvalue weighted by atomic mass is 10.1. The average Bonchev–Trinajstić information content (AvgIpc) is 2.87. The van der Waals surface area contributed by atoms with E-state index in [0.29, 0.717) is 22.9 Å². The van der Waals surface area contributed by atoms with E-state index in [0.717, 1.165) is 0 Å². The molecule has 2 rings (SSSR count). The highest BCUT2D eigenvalue weighted by Crippen LogP contribution is 2.27. The molecule has 7 heteroatoms. The molecule has 2 amide bonds. The van der Waals surface area contributed by atoms with Gasteiger partial charge in [-0.15, -0.1) is 0 Å². The summed E-state index contributed by atoms with van der Waals surface area (Å²) in [6.07, 6.45) is 3.59. The van der Waals surface area contributed by atoms with Gasteiger partial charge in [0.1, 0.15) is 5.75 Å². The van der Waals surface area contributed by atoms with E-state index in [2.05, 4.69) is 10.6 Å². The van der Waals surface area contributed by atoms with Crippen LogP contribution in [-0.2, 0) is 4.79 Å². The number of amides is 2. The molecule has 0 bridgehead atoms. The quantitative estimate of drug-likeness (QED) is 0.746. The molecular formula is C14H15ClN2O4. The molecule has 6 nitrogen and oxygen atoms in total. The molecule has 1 aliphatic carbocycles. The standard InChI is InChI=1S/C14H15ClN2O4/c1-21-12-5-3-9(15)7-11(12)17-14(20)16-10-4-2-8(6-10)13(18)19/h2-5,7-8,10H,6H2,1H3,(H,18,19)(H2,16,17,20). The minimum atomic E-state index is -0.896. The van der Waals surface area contributed by atoms with Crippen molar-refractivity contribution in [2.45, 2.75) is 12.5 Å². The fraction of sp³-hybridized carbons (Fsp3) is 0.286. The van der Waals surface area contributed by atoms with Crippen LogP contribution in [0.25, 0.3) is 0 Å². The Morgan fingerprint density at radius 3 is 2.76 bits per heavy atom. The highest BCUT2D eigenvalue weighted by Gasteiger charge is 2.25.